The van der Waals surface area contributed by atoms with Gasteiger partial charge in [0, 0.05) is 18.5 Å². The van der Waals surface area contributed by atoms with Gasteiger partial charge in [0.1, 0.15) is 0 Å². The first kappa shape index (κ1) is 10.0. The van der Waals surface area contributed by atoms with Crippen LogP contribution in [-0.2, 0) is 0 Å². The van der Waals surface area contributed by atoms with Gasteiger partial charge in [0.2, 0.25) is 0 Å². The number of nitrogens with zero attached hydrogens (tertiary/aromatic N) is 1. The summed E-state index contributed by atoms with van der Waals surface area (Å²) in [6, 6.07) is 0. The Kier molecular flexibility index (Phi) is 3.13. The number of likely N-dealkylation sites (tertiary alicyclic amines) is 1. The van der Waals surface area contributed by atoms with Crippen LogP contribution in [0.1, 0.15) is 33.6 Å². The number of rotatable bonds is 2. The lowest BCUT2D eigenvalue weighted by Crippen LogP contribution is -2.48. The van der Waals surface area contributed by atoms with E-state index in [2.05, 4.69) is 25.7 Å². The maximum absolute atomic E-state index is 9.70. The molecule has 0 aromatic carbocycles. The molecule has 1 fully saturated rings. The number of aliphatic hydroxyl groups excluding tert-OH is 1. The SMILES string of the molecule is CCCN1CCC(O)C(C)(C)C1. The minimum Gasteiger partial charge on any atom is -0.392 e. The summed E-state index contributed by atoms with van der Waals surface area (Å²) < 4.78 is 0. The molecule has 1 heterocycles. The van der Waals surface area contributed by atoms with E-state index in [0.717, 1.165) is 19.5 Å². The van der Waals surface area contributed by atoms with Crippen molar-refractivity contribution in [2.24, 2.45) is 5.41 Å². The molecule has 0 radical (unpaired) electrons. The van der Waals surface area contributed by atoms with Crippen molar-refractivity contribution in [2.75, 3.05) is 19.6 Å². The van der Waals surface area contributed by atoms with Gasteiger partial charge in [0.25, 0.3) is 0 Å². The molecule has 0 amide bonds. The smallest absolute Gasteiger partial charge is 0.0615 e. The van der Waals surface area contributed by atoms with Crippen LogP contribution in [0, 0.1) is 5.41 Å². The Morgan fingerprint density at radius 2 is 2.17 bits per heavy atom. The molecule has 1 aliphatic heterocycles. The fourth-order valence-corrected chi connectivity index (χ4v) is 1.96. The molecule has 0 aromatic heterocycles. The highest BCUT2D eigenvalue weighted by Gasteiger charge is 2.33. The molecule has 2 heteroatoms. The minimum atomic E-state index is -0.106. The molecule has 1 saturated heterocycles. The van der Waals surface area contributed by atoms with Crippen LogP contribution in [0.25, 0.3) is 0 Å². The van der Waals surface area contributed by atoms with Gasteiger partial charge in [-0.2, -0.15) is 0 Å². The first-order valence-electron chi connectivity index (χ1n) is 4.96. The van der Waals surface area contributed by atoms with E-state index in [1.54, 1.807) is 0 Å². The van der Waals surface area contributed by atoms with Crippen LogP contribution in [0.4, 0.5) is 0 Å². The van der Waals surface area contributed by atoms with Gasteiger partial charge in [0.15, 0.2) is 0 Å². The second kappa shape index (κ2) is 3.75. The first-order valence-corrected chi connectivity index (χ1v) is 4.96. The summed E-state index contributed by atoms with van der Waals surface area (Å²) in [7, 11) is 0. The second-order valence-electron chi connectivity index (χ2n) is 4.57. The zero-order chi connectivity index (χ0) is 9.19. The molecule has 1 rings (SSSR count). The topological polar surface area (TPSA) is 23.5 Å². The molecular formula is C10H21NO. The summed E-state index contributed by atoms with van der Waals surface area (Å²) in [5.74, 6) is 0. The van der Waals surface area contributed by atoms with E-state index >= 15 is 0 Å². The Balaban J connectivity index is 2.45. The van der Waals surface area contributed by atoms with Gasteiger partial charge < -0.3 is 10.0 Å². The normalized spacial score (nSPS) is 30.5. The Labute approximate surface area is 75.6 Å². The Bertz CT molecular complexity index is 145. The predicted octanol–water partition coefficient (Wildman–Crippen LogP) is 1.49. The predicted molar refractivity (Wildman–Crippen MR) is 51.1 cm³/mol. The van der Waals surface area contributed by atoms with Crippen LogP contribution < -0.4 is 0 Å². The maximum Gasteiger partial charge on any atom is 0.0615 e. The molecule has 72 valence electrons. The third-order valence-corrected chi connectivity index (χ3v) is 2.79. The summed E-state index contributed by atoms with van der Waals surface area (Å²) in [6.45, 7) is 9.80. The van der Waals surface area contributed by atoms with Crippen molar-refractivity contribution in [3.63, 3.8) is 0 Å². The highest BCUT2D eigenvalue weighted by Crippen LogP contribution is 2.28. The third kappa shape index (κ3) is 2.20. The quantitative estimate of drug-likeness (QED) is 0.680. The molecule has 12 heavy (non-hydrogen) atoms. The number of hydrogen-bond acceptors (Lipinski definition) is 2. The zero-order valence-corrected chi connectivity index (χ0v) is 8.51. The summed E-state index contributed by atoms with van der Waals surface area (Å²) in [4.78, 5) is 2.45. The van der Waals surface area contributed by atoms with Gasteiger partial charge in [0.05, 0.1) is 6.10 Å². The lowest BCUT2D eigenvalue weighted by Gasteiger charge is -2.41. The van der Waals surface area contributed by atoms with E-state index in [4.69, 9.17) is 0 Å². The van der Waals surface area contributed by atoms with E-state index in [1.807, 2.05) is 0 Å². The van der Waals surface area contributed by atoms with Crippen LogP contribution in [0.2, 0.25) is 0 Å². The molecule has 0 spiro atoms. The molecular weight excluding hydrogens is 150 g/mol. The maximum atomic E-state index is 9.70. The first-order chi connectivity index (χ1) is 5.56. The fraction of sp³-hybridized carbons (Fsp3) is 1.00. The number of piperidine rings is 1. The molecule has 0 bridgehead atoms. The van der Waals surface area contributed by atoms with Crippen LogP contribution in [0.3, 0.4) is 0 Å². The van der Waals surface area contributed by atoms with Crippen molar-refractivity contribution in [3.05, 3.63) is 0 Å². The summed E-state index contributed by atoms with van der Waals surface area (Å²) in [5, 5.41) is 9.70. The molecule has 0 aliphatic carbocycles. The van der Waals surface area contributed by atoms with Crippen molar-refractivity contribution in [2.45, 2.75) is 39.7 Å². The standard InChI is InChI=1S/C10H21NO/c1-4-6-11-7-5-9(12)10(2,3)8-11/h9,12H,4-8H2,1-3H3. The molecule has 2 nitrogen and oxygen atoms in total. The highest BCUT2D eigenvalue weighted by atomic mass is 16.3. The monoisotopic (exact) mass is 171 g/mol. The average molecular weight is 171 g/mol. The van der Waals surface area contributed by atoms with Crippen molar-refractivity contribution in [1.82, 2.24) is 4.90 Å². The van der Waals surface area contributed by atoms with Crippen LogP contribution in [0.5, 0.6) is 0 Å². The molecule has 0 aromatic rings. The van der Waals surface area contributed by atoms with E-state index < -0.39 is 0 Å². The Morgan fingerprint density at radius 3 is 2.67 bits per heavy atom. The van der Waals surface area contributed by atoms with Crippen molar-refractivity contribution < 1.29 is 5.11 Å². The Hall–Kier alpha value is -0.0800. The van der Waals surface area contributed by atoms with Crippen molar-refractivity contribution in [1.29, 1.82) is 0 Å². The van der Waals surface area contributed by atoms with E-state index in [0.29, 0.717) is 0 Å². The zero-order valence-electron chi connectivity index (χ0n) is 8.51. The second-order valence-corrected chi connectivity index (χ2v) is 4.57. The highest BCUT2D eigenvalue weighted by molar-refractivity contribution is 4.86. The summed E-state index contributed by atoms with van der Waals surface area (Å²) in [6.07, 6.45) is 2.05. The summed E-state index contributed by atoms with van der Waals surface area (Å²) in [5.41, 5.74) is 0.0907. The molecule has 1 N–H and O–H groups in total. The van der Waals surface area contributed by atoms with Gasteiger partial charge in [-0.3, -0.25) is 0 Å². The van der Waals surface area contributed by atoms with Crippen LogP contribution in [0.15, 0.2) is 0 Å². The lowest BCUT2D eigenvalue weighted by atomic mass is 9.81. The minimum absolute atomic E-state index is 0.0907. The molecule has 0 saturated carbocycles. The van der Waals surface area contributed by atoms with Crippen LogP contribution >= 0.6 is 0 Å². The molecule has 1 atom stereocenters. The molecule has 1 aliphatic rings. The number of hydrogen-bond donors (Lipinski definition) is 1. The average Bonchev–Trinajstić information content (AvgIpc) is 1.97. The molecule has 1 unspecified atom stereocenters. The van der Waals surface area contributed by atoms with Gasteiger partial charge in [-0.1, -0.05) is 20.8 Å². The third-order valence-electron chi connectivity index (χ3n) is 2.79. The summed E-state index contributed by atoms with van der Waals surface area (Å²) >= 11 is 0. The van der Waals surface area contributed by atoms with Gasteiger partial charge >= 0.3 is 0 Å². The van der Waals surface area contributed by atoms with E-state index in [9.17, 15) is 5.11 Å². The fourth-order valence-electron chi connectivity index (χ4n) is 1.96. The van der Waals surface area contributed by atoms with Gasteiger partial charge in [-0.25, -0.2) is 0 Å². The lowest BCUT2D eigenvalue weighted by molar-refractivity contribution is -0.0242. The van der Waals surface area contributed by atoms with E-state index in [1.165, 1.54) is 13.0 Å². The largest absolute Gasteiger partial charge is 0.392 e. The van der Waals surface area contributed by atoms with Crippen molar-refractivity contribution >= 4 is 0 Å². The van der Waals surface area contributed by atoms with Crippen molar-refractivity contribution in [3.8, 4) is 0 Å². The Morgan fingerprint density at radius 1 is 1.50 bits per heavy atom. The van der Waals surface area contributed by atoms with E-state index in [-0.39, 0.29) is 11.5 Å². The van der Waals surface area contributed by atoms with Crippen LogP contribution in [-0.4, -0.2) is 35.7 Å². The van der Waals surface area contributed by atoms with Gasteiger partial charge in [-0.15, -0.1) is 0 Å². The number of aliphatic hydroxyl groups is 1. The van der Waals surface area contributed by atoms with Gasteiger partial charge in [-0.05, 0) is 19.4 Å².